The molecule has 0 saturated heterocycles. The first-order valence-corrected chi connectivity index (χ1v) is 5.58. The lowest BCUT2D eigenvalue weighted by Gasteiger charge is -2.16. The monoisotopic (exact) mass is 271 g/mol. The van der Waals surface area contributed by atoms with Gasteiger partial charge in [0, 0.05) is 26.1 Å². The number of nitrogens with zero attached hydrogens (tertiary/aromatic N) is 2. The Kier molecular flexibility index (Phi) is 5.23. The molecule has 104 valence electrons. The zero-order chi connectivity index (χ0) is 14.4. The quantitative estimate of drug-likeness (QED) is 0.364. The van der Waals surface area contributed by atoms with Crippen LogP contribution in [0.4, 0.5) is 8.78 Å². The second kappa shape index (κ2) is 6.67. The summed E-state index contributed by atoms with van der Waals surface area (Å²) < 4.78 is 26.1. The van der Waals surface area contributed by atoms with Gasteiger partial charge in [-0.05, 0) is 11.6 Å². The summed E-state index contributed by atoms with van der Waals surface area (Å²) in [5.74, 6) is -1.77. The largest absolute Gasteiger partial charge is 0.409 e. The molecule has 1 amide bonds. The number of likely N-dealkylation sites (N-methyl/N-ethyl adjacent to an activating group) is 1. The van der Waals surface area contributed by atoms with E-state index in [2.05, 4.69) is 5.16 Å². The van der Waals surface area contributed by atoms with Crippen LogP contribution >= 0.6 is 0 Å². The number of rotatable bonds is 5. The fraction of sp³-hybridized carbons (Fsp3) is 0.333. The molecule has 0 radical (unpaired) electrons. The topological polar surface area (TPSA) is 78.9 Å². The molecule has 0 aliphatic rings. The third kappa shape index (κ3) is 4.53. The summed E-state index contributed by atoms with van der Waals surface area (Å²) in [6, 6.07) is 3.07. The SMILES string of the molecule is CN(CCC(N)=NO)C(=O)Cc1ccc(F)cc1F. The summed E-state index contributed by atoms with van der Waals surface area (Å²) in [7, 11) is 1.52. The highest BCUT2D eigenvalue weighted by atomic mass is 19.1. The molecule has 3 N–H and O–H groups in total. The Balaban J connectivity index is 2.59. The third-order valence-corrected chi connectivity index (χ3v) is 2.61. The van der Waals surface area contributed by atoms with Gasteiger partial charge in [-0.25, -0.2) is 8.78 Å². The molecule has 0 fully saturated rings. The lowest BCUT2D eigenvalue weighted by atomic mass is 10.1. The van der Waals surface area contributed by atoms with E-state index in [9.17, 15) is 13.6 Å². The van der Waals surface area contributed by atoms with Crippen LogP contribution in [0.3, 0.4) is 0 Å². The number of nitrogens with two attached hydrogens (primary N) is 1. The average Bonchev–Trinajstić information content (AvgIpc) is 2.38. The number of halogens is 2. The van der Waals surface area contributed by atoms with E-state index in [1.807, 2.05) is 0 Å². The molecule has 0 saturated carbocycles. The van der Waals surface area contributed by atoms with E-state index in [0.717, 1.165) is 12.1 Å². The van der Waals surface area contributed by atoms with Crippen molar-refractivity contribution in [1.82, 2.24) is 4.90 Å². The second-order valence-corrected chi connectivity index (χ2v) is 4.07. The first kappa shape index (κ1) is 14.9. The summed E-state index contributed by atoms with van der Waals surface area (Å²) >= 11 is 0. The first-order valence-electron chi connectivity index (χ1n) is 5.58. The van der Waals surface area contributed by atoms with Gasteiger partial charge in [-0.1, -0.05) is 11.2 Å². The maximum Gasteiger partial charge on any atom is 0.226 e. The van der Waals surface area contributed by atoms with E-state index in [0.29, 0.717) is 0 Å². The molecule has 7 heteroatoms. The average molecular weight is 271 g/mol. The van der Waals surface area contributed by atoms with E-state index in [-0.39, 0.29) is 36.7 Å². The smallest absolute Gasteiger partial charge is 0.226 e. The number of amides is 1. The van der Waals surface area contributed by atoms with Crippen molar-refractivity contribution >= 4 is 11.7 Å². The molecule has 1 rings (SSSR count). The van der Waals surface area contributed by atoms with Gasteiger partial charge in [-0.3, -0.25) is 4.79 Å². The predicted octanol–water partition coefficient (Wildman–Crippen LogP) is 1.10. The zero-order valence-corrected chi connectivity index (χ0v) is 10.4. The molecule has 1 aromatic rings. The van der Waals surface area contributed by atoms with E-state index < -0.39 is 11.6 Å². The molecule has 5 nitrogen and oxygen atoms in total. The van der Waals surface area contributed by atoms with Crippen LogP contribution < -0.4 is 5.73 Å². The minimum Gasteiger partial charge on any atom is -0.409 e. The van der Waals surface area contributed by atoms with Crippen molar-refractivity contribution in [3.8, 4) is 0 Å². The summed E-state index contributed by atoms with van der Waals surface area (Å²) in [6.07, 6.45) is 0.0451. The highest BCUT2D eigenvalue weighted by Gasteiger charge is 2.13. The van der Waals surface area contributed by atoms with E-state index in [1.165, 1.54) is 18.0 Å². The zero-order valence-electron chi connectivity index (χ0n) is 10.4. The lowest BCUT2D eigenvalue weighted by Crippen LogP contribution is -2.31. The van der Waals surface area contributed by atoms with Crippen LogP contribution in [0, 0.1) is 11.6 Å². The van der Waals surface area contributed by atoms with Gasteiger partial charge in [0.15, 0.2) is 0 Å². The van der Waals surface area contributed by atoms with E-state index in [1.54, 1.807) is 0 Å². The molecule has 0 aromatic heterocycles. The van der Waals surface area contributed by atoms with Gasteiger partial charge in [0.05, 0.1) is 6.42 Å². The summed E-state index contributed by atoms with van der Waals surface area (Å²) in [5, 5.41) is 11.1. The van der Waals surface area contributed by atoms with Crippen LogP contribution in [0.2, 0.25) is 0 Å². The fourth-order valence-corrected chi connectivity index (χ4v) is 1.42. The Bertz CT molecular complexity index is 492. The van der Waals surface area contributed by atoms with E-state index in [4.69, 9.17) is 10.9 Å². The van der Waals surface area contributed by atoms with Crippen molar-refractivity contribution in [3.05, 3.63) is 35.4 Å². The maximum absolute atomic E-state index is 13.4. The first-order chi connectivity index (χ1) is 8.93. The molecule has 0 bridgehead atoms. The Morgan fingerprint density at radius 2 is 2.16 bits per heavy atom. The predicted molar refractivity (Wildman–Crippen MR) is 65.7 cm³/mol. The van der Waals surface area contributed by atoms with Crippen molar-refractivity contribution in [3.63, 3.8) is 0 Å². The number of oxime groups is 1. The van der Waals surface area contributed by atoms with Crippen LogP contribution in [0.25, 0.3) is 0 Å². The molecule has 19 heavy (non-hydrogen) atoms. The summed E-state index contributed by atoms with van der Waals surface area (Å²) in [6.45, 7) is 0.248. The van der Waals surface area contributed by atoms with Crippen LogP contribution in [0.15, 0.2) is 23.4 Å². The van der Waals surface area contributed by atoms with Crippen LogP contribution in [-0.2, 0) is 11.2 Å². The van der Waals surface area contributed by atoms with Crippen molar-refractivity contribution in [2.45, 2.75) is 12.8 Å². The number of hydrogen-bond acceptors (Lipinski definition) is 3. The standard InChI is InChI=1S/C12H15F2N3O2/c1-17(5-4-11(15)16-19)12(18)6-8-2-3-9(13)7-10(8)14/h2-3,7,19H,4-6H2,1H3,(H2,15,16). The minimum atomic E-state index is -0.752. The Labute approximate surface area is 109 Å². The van der Waals surface area contributed by atoms with Crippen LogP contribution in [-0.4, -0.2) is 35.4 Å². The fourth-order valence-electron chi connectivity index (χ4n) is 1.42. The molecule has 0 atom stereocenters. The number of amidine groups is 1. The molecule has 0 aliphatic carbocycles. The van der Waals surface area contributed by atoms with Gasteiger partial charge < -0.3 is 15.8 Å². The number of carbonyl (C=O) groups excluding carboxylic acids is 1. The number of carbonyl (C=O) groups is 1. The maximum atomic E-state index is 13.4. The molecular weight excluding hydrogens is 256 g/mol. The van der Waals surface area contributed by atoms with Gasteiger partial charge in [-0.2, -0.15) is 0 Å². The number of benzene rings is 1. The van der Waals surface area contributed by atoms with E-state index >= 15 is 0 Å². The van der Waals surface area contributed by atoms with Gasteiger partial charge in [0.1, 0.15) is 17.5 Å². The Hall–Kier alpha value is -2.18. The minimum absolute atomic E-state index is 0.00705. The summed E-state index contributed by atoms with van der Waals surface area (Å²) in [5.41, 5.74) is 5.40. The van der Waals surface area contributed by atoms with Crippen molar-refractivity contribution in [1.29, 1.82) is 0 Å². The lowest BCUT2D eigenvalue weighted by molar-refractivity contribution is -0.129. The van der Waals surface area contributed by atoms with Gasteiger partial charge in [0.2, 0.25) is 5.91 Å². The van der Waals surface area contributed by atoms with Crippen LogP contribution in [0.5, 0.6) is 0 Å². The Morgan fingerprint density at radius 1 is 1.47 bits per heavy atom. The highest BCUT2D eigenvalue weighted by molar-refractivity contribution is 5.82. The summed E-state index contributed by atoms with van der Waals surface area (Å²) in [4.78, 5) is 13.1. The molecule has 0 heterocycles. The molecule has 0 spiro atoms. The normalized spacial score (nSPS) is 11.4. The van der Waals surface area contributed by atoms with Crippen molar-refractivity contribution in [2.75, 3.05) is 13.6 Å². The van der Waals surface area contributed by atoms with Crippen molar-refractivity contribution in [2.24, 2.45) is 10.9 Å². The molecule has 0 unspecified atom stereocenters. The molecule has 1 aromatic carbocycles. The van der Waals surface area contributed by atoms with Gasteiger partial charge >= 0.3 is 0 Å². The molecule has 0 aliphatic heterocycles. The van der Waals surface area contributed by atoms with Gasteiger partial charge in [-0.15, -0.1) is 0 Å². The second-order valence-electron chi connectivity index (χ2n) is 4.07. The van der Waals surface area contributed by atoms with Crippen molar-refractivity contribution < 1.29 is 18.8 Å². The number of hydrogen-bond donors (Lipinski definition) is 2. The molecular formula is C12H15F2N3O2. The Morgan fingerprint density at radius 3 is 2.74 bits per heavy atom. The van der Waals surface area contributed by atoms with Crippen LogP contribution in [0.1, 0.15) is 12.0 Å². The highest BCUT2D eigenvalue weighted by Crippen LogP contribution is 2.11. The third-order valence-electron chi connectivity index (χ3n) is 2.61. The van der Waals surface area contributed by atoms with Gasteiger partial charge in [0.25, 0.3) is 0 Å².